The van der Waals surface area contributed by atoms with Crippen molar-refractivity contribution in [2.24, 2.45) is 0 Å². The Morgan fingerprint density at radius 2 is 1.96 bits per heavy atom. The van der Waals surface area contributed by atoms with Gasteiger partial charge in [-0.2, -0.15) is 4.98 Å². The quantitative estimate of drug-likeness (QED) is 0.816. The van der Waals surface area contributed by atoms with E-state index in [-0.39, 0.29) is 24.0 Å². The molecular weight excluding hydrogens is 308 g/mol. The van der Waals surface area contributed by atoms with Gasteiger partial charge in [0, 0.05) is 44.4 Å². The van der Waals surface area contributed by atoms with Crippen LogP contribution in [0.15, 0.2) is 4.52 Å². The molecule has 1 aromatic heterocycles. The Kier molecular flexibility index (Phi) is 6.74. The zero-order valence-electron chi connectivity index (χ0n) is 15.4. The van der Waals surface area contributed by atoms with Crippen LogP contribution in [0.5, 0.6) is 0 Å². The molecule has 1 N–H and O–H groups in total. The van der Waals surface area contributed by atoms with Crippen LogP contribution in [-0.4, -0.2) is 58.8 Å². The average molecular weight is 338 g/mol. The number of rotatable bonds is 7. The largest absolute Gasteiger partial charge is 0.373 e. The van der Waals surface area contributed by atoms with Crippen LogP contribution in [0.3, 0.4) is 0 Å². The van der Waals surface area contributed by atoms with Gasteiger partial charge in [-0.15, -0.1) is 0 Å². The van der Waals surface area contributed by atoms with Gasteiger partial charge in [0.25, 0.3) is 0 Å². The summed E-state index contributed by atoms with van der Waals surface area (Å²) in [6, 6.07) is 0.290. The molecule has 0 radical (unpaired) electrons. The fraction of sp³-hybridized carbons (Fsp3) is 0.824. The van der Waals surface area contributed by atoms with Gasteiger partial charge in [-0.25, -0.2) is 0 Å². The first-order valence-corrected chi connectivity index (χ1v) is 8.83. The lowest BCUT2D eigenvalue weighted by atomic mass is 10.1. The molecule has 1 amide bonds. The zero-order chi connectivity index (χ0) is 17.7. The predicted octanol–water partition coefficient (Wildman–Crippen LogP) is 1.74. The Balaban J connectivity index is 1.70. The van der Waals surface area contributed by atoms with E-state index in [2.05, 4.69) is 41.1 Å². The third-order valence-electron chi connectivity index (χ3n) is 4.23. The van der Waals surface area contributed by atoms with Crippen LogP contribution in [-0.2, 0) is 16.0 Å². The highest BCUT2D eigenvalue weighted by molar-refractivity contribution is 5.76. The first-order chi connectivity index (χ1) is 11.3. The number of carbonyl (C=O) groups excluding carboxylic acids is 1. The summed E-state index contributed by atoms with van der Waals surface area (Å²) >= 11 is 0. The number of aryl methyl sites for hydroxylation is 1. The number of hydrogen-bond donors (Lipinski definition) is 1. The fourth-order valence-electron chi connectivity index (χ4n) is 2.88. The summed E-state index contributed by atoms with van der Waals surface area (Å²) in [5.74, 6) is 1.46. The molecule has 1 fully saturated rings. The van der Waals surface area contributed by atoms with Crippen molar-refractivity contribution in [2.45, 2.75) is 71.6 Å². The van der Waals surface area contributed by atoms with Gasteiger partial charge in [0.1, 0.15) is 0 Å². The molecule has 0 bridgehead atoms. The summed E-state index contributed by atoms with van der Waals surface area (Å²) in [6.07, 6.45) is 1.31. The van der Waals surface area contributed by atoms with E-state index in [4.69, 9.17) is 9.26 Å². The predicted molar refractivity (Wildman–Crippen MR) is 90.8 cm³/mol. The van der Waals surface area contributed by atoms with Gasteiger partial charge in [-0.05, 0) is 20.8 Å². The standard InChI is InChI=1S/C17H30N4O3/c1-11(2)17-19-16(24-20-17)7-6-15(22)18-8-12(3)21-9-13(4)23-14(5)10-21/h11-14H,6-10H2,1-5H3,(H,18,22)/t12-,13-,14+/m0/s1. The van der Waals surface area contributed by atoms with Crippen LogP contribution in [0.25, 0.3) is 0 Å². The van der Waals surface area contributed by atoms with Gasteiger partial charge in [0.2, 0.25) is 11.8 Å². The van der Waals surface area contributed by atoms with Gasteiger partial charge in [-0.1, -0.05) is 19.0 Å². The average Bonchev–Trinajstić information content (AvgIpc) is 2.98. The zero-order valence-corrected chi connectivity index (χ0v) is 15.4. The van der Waals surface area contributed by atoms with Crippen LogP contribution >= 0.6 is 0 Å². The maximum Gasteiger partial charge on any atom is 0.227 e. The van der Waals surface area contributed by atoms with Crippen molar-refractivity contribution in [2.75, 3.05) is 19.6 Å². The van der Waals surface area contributed by atoms with Crippen molar-refractivity contribution in [3.63, 3.8) is 0 Å². The third-order valence-corrected chi connectivity index (χ3v) is 4.23. The highest BCUT2D eigenvalue weighted by atomic mass is 16.5. The summed E-state index contributed by atoms with van der Waals surface area (Å²) in [4.78, 5) is 18.7. The molecule has 1 aliphatic heterocycles. The van der Waals surface area contributed by atoms with Crippen LogP contribution in [0.1, 0.15) is 58.7 Å². The Labute approximate surface area is 144 Å². The molecule has 2 rings (SSSR count). The number of hydrogen-bond acceptors (Lipinski definition) is 6. The van der Waals surface area contributed by atoms with E-state index in [1.54, 1.807) is 0 Å². The Morgan fingerprint density at radius 3 is 2.54 bits per heavy atom. The van der Waals surface area contributed by atoms with Crippen molar-refractivity contribution in [3.8, 4) is 0 Å². The lowest BCUT2D eigenvalue weighted by Crippen LogP contribution is -2.52. The molecule has 7 heteroatoms. The number of morpholine rings is 1. The lowest BCUT2D eigenvalue weighted by molar-refractivity contribution is -0.121. The van der Waals surface area contributed by atoms with Crippen LogP contribution < -0.4 is 5.32 Å². The van der Waals surface area contributed by atoms with Gasteiger partial charge in [-0.3, -0.25) is 9.69 Å². The number of nitrogens with one attached hydrogen (secondary N) is 1. The van der Waals surface area contributed by atoms with Crippen LogP contribution in [0.2, 0.25) is 0 Å². The second-order valence-electron chi connectivity index (χ2n) is 7.07. The van der Waals surface area contributed by atoms with E-state index in [0.29, 0.717) is 37.1 Å². The van der Waals surface area contributed by atoms with Crippen molar-refractivity contribution < 1.29 is 14.1 Å². The summed E-state index contributed by atoms with van der Waals surface area (Å²) in [5, 5.41) is 6.90. The first kappa shape index (κ1) is 18.9. The Morgan fingerprint density at radius 1 is 1.29 bits per heavy atom. The van der Waals surface area contributed by atoms with E-state index >= 15 is 0 Å². The summed E-state index contributed by atoms with van der Waals surface area (Å²) in [7, 11) is 0. The minimum absolute atomic E-state index is 0.0144. The van der Waals surface area contributed by atoms with Gasteiger partial charge >= 0.3 is 0 Å². The Hall–Kier alpha value is -1.47. The number of nitrogens with zero attached hydrogens (tertiary/aromatic N) is 3. The van der Waals surface area contributed by atoms with E-state index in [0.717, 1.165) is 13.1 Å². The molecule has 1 aromatic rings. The molecule has 136 valence electrons. The monoisotopic (exact) mass is 338 g/mol. The SMILES string of the molecule is CC(C)c1noc(CCC(=O)NC[C@H](C)N2C[C@@H](C)O[C@@H](C)C2)n1. The van der Waals surface area contributed by atoms with E-state index in [1.807, 2.05) is 13.8 Å². The number of aromatic nitrogens is 2. The Bertz CT molecular complexity index is 522. The van der Waals surface area contributed by atoms with E-state index in [1.165, 1.54) is 0 Å². The smallest absolute Gasteiger partial charge is 0.227 e. The topological polar surface area (TPSA) is 80.5 Å². The van der Waals surface area contributed by atoms with Gasteiger partial charge in [0.15, 0.2) is 5.82 Å². The highest BCUT2D eigenvalue weighted by Crippen LogP contribution is 2.13. The first-order valence-electron chi connectivity index (χ1n) is 8.83. The second-order valence-corrected chi connectivity index (χ2v) is 7.07. The molecule has 0 aromatic carbocycles. The highest BCUT2D eigenvalue weighted by Gasteiger charge is 2.25. The molecule has 3 atom stereocenters. The summed E-state index contributed by atoms with van der Waals surface area (Å²) < 4.78 is 10.9. The molecule has 7 nitrogen and oxygen atoms in total. The number of amides is 1. The number of carbonyl (C=O) groups is 1. The molecule has 0 unspecified atom stereocenters. The molecule has 24 heavy (non-hydrogen) atoms. The van der Waals surface area contributed by atoms with E-state index < -0.39 is 0 Å². The molecule has 0 aliphatic carbocycles. The van der Waals surface area contributed by atoms with Crippen molar-refractivity contribution in [1.29, 1.82) is 0 Å². The van der Waals surface area contributed by atoms with Crippen LogP contribution in [0.4, 0.5) is 0 Å². The molecular formula is C17H30N4O3. The summed E-state index contributed by atoms with van der Waals surface area (Å²) in [6.45, 7) is 12.8. The van der Waals surface area contributed by atoms with Gasteiger partial charge < -0.3 is 14.6 Å². The molecule has 1 aliphatic rings. The molecule has 0 spiro atoms. The second kappa shape index (κ2) is 8.58. The molecule has 1 saturated heterocycles. The maximum atomic E-state index is 12.0. The number of ether oxygens (including phenoxy) is 1. The van der Waals surface area contributed by atoms with Crippen molar-refractivity contribution >= 4 is 5.91 Å². The third kappa shape index (κ3) is 5.56. The minimum atomic E-state index is 0.0144. The van der Waals surface area contributed by atoms with E-state index in [9.17, 15) is 4.79 Å². The van der Waals surface area contributed by atoms with Crippen LogP contribution in [0, 0.1) is 0 Å². The minimum Gasteiger partial charge on any atom is -0.373 e. The summed E-state index contributed by atoms with van der Waals surface area (Å²) in [5.41, 5.74) is 0. The lowest BCUT2D eigenvalue weighted by Gasteiger charge is -2.39. The maximum absolute atomic E-state index is 12.0. The van der Waals surface area contributed by atoms with Crippen molar-refractivity contribution in [3.05, 3.63) is 11.7 Å². The fourth-order valence-corrected chi connectivity index (χ4v) is 2.88. The van der Waals surface area contributed by atoms with Gasteiger partial charge in [0.05, 0.1) is 12.2 Å². The van der Waals surface area contributed by atoms with Crippen molar-refractivity contribution in [1.82, 2.24) is 20.4 Å². The normalized spacial score (nSPS) is 23.4. The molecule has 0 saturated carbocycles. The molecule has 2 heterocycles.